The van der Waals surface area contributed by atoms with Crippen LogP contribution < -0.4 is 0 Å². The van der Waals surface area contributed by atoms with E-state index in [2.05, 4.69) is 16.0 Å². The Bertz CT molecular complexity index is 1290. The molecule has 0 unspecified atom stereocenters. The van der Waals surface area contributed by atoms with Crippen LogP contribution in [0.4, 0.5) is 0 Å². The number of aryl methyl sites for hydroxylation is 1. The van der Waals surface area contributed by atoms with Crippen molar-refractivity contribution >= 4 is 28.7 Å². The second-order valence-electron chi connectivity index (χ2n) is 6.52. The topological polar surface area (TPSA) is 91.9 Å². The molecule has 0 radical (unpaired) electrons. The summed E-state index contributed by atoms with van der Waals surface area (Å²) in [5.41, 5.74) is 4.15. The van der Waals surface area contributed by atoms with Crippen LogP contribution in [0.1, 0.15) is 27.5 Å². The van der Waals surface area contributed by atoms with E-state index in [-0.39, 0.29) is 0 Å². The van der Waals surface area contributed by atoms with Crippen molar-refractivity contribution in [2.75, 3.05) is 7.11 Å². The smallest absolute Gasteiger partial charge is 0.338 e. The number of nitrogens with one attached hydrogen (secondary N) is 1. The van der Waals surface area contributed by atoms with Crippen LogP contribution in [0.25, 0.3) is 34.0 Å². The number of hydrogen-bond acceptors (Lipinski definition) is 5. The van der Waals surface area contributed by atoms with E-state index in [0.717, 1.165) is 16.6 Å². The van der Waals surface area contributed by atoms with Crippen LogP contribution in [-0.2, 0) is 4.74 Å². The van der Waals surface area contributed by atoms with Crippen LogP contribution in [0, 0.1) is 18.3 Å². The number of nitrogens with zero attached hydrogens (tertiary/aromatic N) is 2. The maximum Gasteiger partial charge on any atom is 0.338 e. The van der Waals surface area contributed by atoms with E-state index in [4.69, 9.17) is 9.15 Å². The lowest BCUT2D eigenvalue weighted by Crippen LogP contribution is -2.02. The molecule has 0 saturated heterocycles. The number of esters is 1. The standard InChI is InChI=1S/C23H17N3O3/c1-14-7-9-19-20(11-14)26-22(25-19)15(13-24)12-16-8-10-21(29-16)17-5-3-4-6-18(17)23(27)28-2/h3-12H,1-2H3,(H,25,26). The number of aromatic amines is 1. The van der Waals surface area contributed by atoms with Gasteiger partial charge in [-0.15, -0.1) is 0 Å². The number of imidazole rings is 1. The van der Waals surface area contributed by atoms with Crippen molar-refractivity contribution in [3.8, 4) is 17.4 Å². The fourth-order valence-corrected chi connectivity index (χ4v) is 3.11. The van der Waals surface area contributed by atoms with Gasteiger partial charge in [0.05, 0.1) is 29.3 Å². The van der Waals surface area contributed by atoms with Gasteiger partial charge in [-0.05, 0) is 42.8 Å². The Kier molecular flexibility index (Phi) is 4.71. The third-order valence-electron chi connectivity index (χ3n) is 4.52. The zero-order chi connectivity index (χ0) is 20.4. The van der Waals surface area contributed by atoms with Crippen molar-refractivity contribution in [1.82, 2.24) is 9.97 Å². The molecule has 6 nitrogen and oxygen atoms in total. The van der Waals surface area contributed by atoms with E-state index < -0.39 is 5.97 Å². The molecule has 6 heteroatoms. The molecule has 0 fully saturated rings. The van der Waals surface area contributed by atoms with Crippen molar-refractivity contribution < 1.29 is 13.9 Å². The predicted octanol–water partition coefficient (Wildman–Crippen LogP) is 4.98. The van der Waals surface area contributed by atoms with Gasteiger partial charge in [-0.3, -0.25) is 0 Å². The molecular formula is C23H17N3O3. The Hall–Kier alpha value is -4.11. The van der Waals surface area contributed by atoms with Gasteiger partial charge in [0.2, 0.25) is 0 Å². The van der Waals surface area contributed by atoms with Gasteiger partial charge >= 0.3 is 5.97 Å². The van der Waals surface area contributed by atoms with E-state index in [0.29, 0.717) is 34.0 Å². The van der Waals surface area contributed by atoms with Gasteiger partial charge in [-0.2, -0.15) is 5.26 Å². The number of hydrogen-bond donors (Lipinski definition) is 1. The molecule has 0 amide bonds. The molecule has 0 spiro atoms. The monoisotopic (exact) mass is 383 g/mol. The quantitative estimate of drug-likeness (QED) is 0.396. The molecule has 0 aliphatic heterocycles. The highest BCUT2D eigenvalue weighted by molar-refractivity contribution is 5.96. The number of benzene rings is 2. The van der Waals surface area contributed by atoms with Gasteiger partial charge in [0.1, 0.15) is 23.4 Å². The molecule has 0 aliphatic rings. The van der Waals surface area contributed by atoms with E-state index in [1.807, 2.05) is 31.2 Å². The minimum absolute atomic E-state index is 0.348. The third kappa shape index (κ3) is 3.54. The summed E-state index contributed by atoms with van der Waals surface area (Å²) in [6.45, 7) is 2.00. The first-order valence-corrected chi connectivity index (χ1v) is 8.95. The number of nitriles is 1. The Labute approximate surface area is 167 Å². The minimum Gasteiger partial charge on any atom is -0.465 e. The predicted molar refractivity (Wildman–Crippen MR) is 110 cm³/mol. The number of fused-ring (bicyclic) bond motifs is 1. The first-order chi connectivity index (χ1) is 14.1. The first kappa shape index (κ1) is 18.3. The number of allylic oxidation sites excluding steroid dienone is 1. The Balaban J connectivity index is 1.71. The SMILES string of the molecule is COC(=O)c1ccccc1-c1ccc(C=C(C#N)c2nc3ccc(C)cc3[nH]2)o1. The number of aromatic nitrogens is 2. The van der Waals surface area contributed by atoms with Gasteiger partial charge in [0.25, 0.3) is 0 Å². The van der Waals surface area contributed by atoms with Crippen LogP contribution in [0.15, 0.2) is 59.0 Å². The fraction of sp³-hybridized carbons (Fsp3) is 0.0870. The highest BCUT2D eigenvalue weighted by Gasteiger charge is 2.16. The minimum atomic E-state index is -0.440. The second-order valence-corrected chi connectivity index (χ2v) is 6.52. The maximum absolute atomic E-state index is 12.0. The average Bonchev–Trinajstić information content (AvgIpc) is 3.37. The molecule has 2 aromatic carbocycles. The summed E-state index contributed by atoms with van der Waals surface area (Å²) in [5, 5.41) is 9.61. The van der Waals surface area contributed by atoms with Gasteiger partial charge < -0.3 is 14.1 Å². The van der Waals surface area contributed by atoms with Crippen molar-refractivity contribution in [3.63, 3.8) is 0 Å². The van der Waals surface area contributed by atoms with E-state index >= 15 is 0 Å². The van der Waals surface area contributed by atoms with Crippen LogP contribution in [0.5, 0.6) is 0 Å². The lowest BCUT2D eigenvalue weighted by atomic mass is 10.1. The number of carbonyl (C=O) groups excluding carboxylic acids is 1. The summed E-state index contributed by atoms with van der Waals surface area (Å²) < 4.78 is 10.7. The second kappa shape index (κ2) is 7.49. The fourth-order valence-electron chi connectivity index (χ4n) is 3.11. The number of ether oxygens (including phenoxy) is 1. The van der Waals surface area contributed by atoms with Gasteiger partial charge in [-0.25, -0.2) is 9.78 Å². The molecule has 142 valence electrons. The normalized spacial score (nSPS) is 11.4. The Morgan fingerprint density at radius 1 is 1.21 bits per heavy atom. The zero-order valence-electron chi connectivity index (χ0n) is 15.9. The third-order valence-corrected chi connectivity index (χ3v) is 4.52. The summed E-state index contributed by atoms with van der Waals surface area (Å²) in [6, 6.07) is 18.6. The maximum atomic E-state index is 12.0. The number of methoxy groups -OCH3 is 1. The van der Waals surface area contributed by atoms with Crippen molar-refractivity contribution in [1.29, 1.82) is 5.26 Å². The summed E-state index contributed by atoms with van der Waals surface area (Å²) in [7, 11) is 1.34. The van der Waals surface area contributed by atoms with E-state index in [1.54, 1.807) is 36.4 Å². The number of H-pyrrole nitrogens is 1. The van der Waals surface area contributed by atoms with Crippen molar-refractivity contribution in [3.05, 3.63) is 77.3 Å². The molecule has 2 heterocycles. The molecule has 1 N–H and O–H groups in total. The zero-order valence-corrected chi connectivity index (χ0v) is 15.9. The van der Waals surface area contributed by atoms with Crippen LogP contribution in [0.2, 0.25) is 0 Å². The van der Waals surface area contributed by atoms with Crippen LogP contribution in [-0.4, -0.2) is 23.0 Å². The van der Waals surface area contributed by atoms with Gasteiger partial charge in [0, 0.05) is 11.6 Å². The van der Waals surface area contributed by atoms with Crippen LogP contribution >= 0.6 is 0 Å². The van der Waals surface area contributed by atoms with Crippen molar-refractivity contribution in [2.24, 2.45) is 0 Å². The number of carbonyl (C=O) groups is 1. The average molecular weight is 383 g/mol. The molecule has 0 bridgehead atoms. The highest BCUT2D eigenvalue weighted by atomic mass is 16.5. The molecule has 0 aliphatic carbocycles. The Morgan fingerprint density at radius 2 is 2.03 bits per heavy atom. The van der Waals surface area contributed by atoms with Gasteiger partial charge in [0.15, 0.2) is 0 Å². The Morgan fingerprint density at radius 3 is 2.83 bits per heavy atom. The molecule has 2 aromatic heterocycles. The largest absolute Gasteiger partial charge is 0.465 e. The van der Waals surface area contributed by atoms with Gasteiger partial charge in [-0.1, -0.05) is 24.3 Å². The first-order valence-electron chi connectivity index (χ1n) is 8.95. The number of furan rings is 1. The lowest BCUT2D eigenvalue weighted by Gasteiger charge is -2.04. The highest BCUT2D eigenvalue weighted by Crippen LogP contribution is 2.28. The summed E-state index contributed by atoms with van der Waals surface area (Å²) >= 11 is 0. The molecule has 4 aromatic rings. The summed E-state index contributed by atoms with van der Waals surface area (Å²) in [6.07, 6.45) is 1.62. The molecule has 29 heavy (non-hydrogen) atoms. The van der Waals surface area contributed by atoms with Crippen molar-refractivity contribution in [2.45, 2.75) is 6.92 Å². The molecule has 0 saturated carbocycles. The summed E-state index contributed by atoms with van der Waals surface area (Å²) in [5.74, 6) is 1.02. The molecule has 4 rings (SSSR count). The van der Waals surface area contributed by atoms with Crippen LogP contribution in [0.3, 0.4) is 0 Å². The number of rotatable bonds is 4. The molecular weight excluding hydrogens is 366 g/mol. The van der Waals surface area contributed by atoms with E-state index in [9.17, 15) is 10.1 Å². The summed E-state index contributed by atoms with van der Waals surface area (Å²) in [4.78, 5) is 19.7. The lowest BCUT2D eigenvalue weighted by molar-refractivity contribution is 0.0601. The van der Waals surface area contributed by atoms with E-state index in [1.165, 1.54) is 7.11 Å². The molecule has 0 atom stereocenters.